The van der Waals surface area contributed by atoms with Gasteiger partial charge in [-0.05, 0) is 24.3 Å². The fourth-order valence-electron chi connectivity index (χ4n) is 2.93. The highest BCUT2D eigenvalue weighted by Crippen LogP contribution is 2.25. The van der Waals surface area contributed by atoms with Gasteiger partial charge in [0.05, 0.1) is 23.7 Å². The molecule has 4 rings (SSSR count). The molecule has 1 aliphatic rings. The Bertz CT molecular complexity index is 844. The van der Waals surface area contributed by atoms with Gasteiger partial charge in [0.2, 0.25) is 0 Å². The minimum atomic E-state index is -0.107. The Balaban J connectivity index is 1.56. The number of nitrogens with zero attached hydrogens (tertiary/aromatic N) is 3. The lowest BCUT2D eigenvalue weighted by molar-refractivity contribution is 0.0553. The fraction of sp³-hybridized carbons (Fsp3) is 0.235. The lowest BCUT2D eigenvalue weighted by Crippen LogP contribution is -2.35. The van der Waals surface area contributed by atoms with Crippen molar-refractivity contribution < 1.29 is 9.53 Å². The lowest BCUT2D eigenvalue weighted by atomic mass is 10.2. The van der Waals surface area contributed by atoms with Gasteiger partial charge in [-0.2, -0.15) is 0 Å². The quantitative estimate of drug-likeness (QED) is 0.803. The number of carbonyl (C=O) groups excluding carboxylic acids is 1. The normalized spacial score (nSPS) is 17.0. The molecule has 0 aliphatic carbocycles. The number of aromatic nitrogens is 3. The van der Waals surface area contributed by atoms with E-state index in [-0.39, 0.29) is 11.9 Å². The molecule has 1 atom stereocenters. The SMILES string of the molecule is O=C(NC[C@H]1COCc2nc3ccccc3n21)c1ccncc1. The number of pyridine rings is 1. The summed E-state index contributed by atoms with van der Waals surface area (Å²) in [5.41, 5.74) is 2.64. The monoisotopic (exact) mass is 308 g/mol. The molecule has 0 bridgehead atoms. The molecule has 1 aliphatic heterocycles. The van der Waals surface area contributed by atoms with E-state index in [0.29, 0.717) is 25.3 Å². The maximum Gasteiger partial charge on any atom is 0.251 e. The third kappa shape index (κ3) is 2.57. The summed E-state index contributed by atoms with van der Waals surface area (Å²) in [4.78, 5) is 20.7. The molecular weight excluding hydrogens is 292 g/mol. The zero-order valence-corrected chi connectivity index (χ0v) is 12.5. The molecule has 6 heteroatoms. The maximum atomic E-state index is 12.2. The van der Waals surface area contributed by atoms with E-state index in [9.17, 15) is 4.79 Å². The molecule has 2 aromatic heterocycles. The van der Waals surface area contributed by atoms with E-state index in [1.54, 1.807) is 24.5 Å². The molecule has 3 aromatic rings. The van der Waals surface area contributed by atoms with Crippen molar-refractivity contribution in [3.63, 3.8) is 0 Å². The van der Waals surface area contributed by atoms with Crippen LogP contribution in [0.1, 0.15) is 22.2 Å². The zero-order chi connectivity index (χ0) is 15.6. The van der Waals surface area contributed by atoms with Crippen molar-refractivity contribution in [2.24, 2.45) is 0 Å². The van der Waals surface area contributed by atoms with Crippen molar-refractivity contribution in [1.82, 2.24) is 19.9 Å². The summed E-state index contributed by atoms with van der Waals surface area (Å²) in [6, 6.07) is 11.5. The molecule has 116 valence electrons. The molecule has 0 radical (unpaired) electrons. The van der Waals surface area contributed by atoms with Gasteiger partial charge in [-0.25, -0.2) is 4.98 Å². The summed E-state index contributed by atoms with van der Waals surface area (Å²) in [6.07, 6.45) is 3.22. The Morgan fingerprint density at radius 2 is 2.09 bits per heavy atom. The van der Waals surface area contributed by atoms with E-state index < -0.39 is 0 Å². The van der Waals surface area contributed by atoms with Gasteiger partial charge in [-0.15, -0.1) is 0 Å². The molecule has 0 fully saturated rings. The Morgan fingerprint density at radius 3 is 2.96 bits per heavy atom. The van der Waals surface area contributed by atoms with Crippen molar-refractivity contribution in [2.45, 2.75) is 12.6 Å². The first-order valence-electron chi connectivity index (χ1n) is 7.55. The number of hydrogen-bond acceptors (Lipinski definition) is 4. The lowest BCUT2D eigenvalue weighted by Gasteiger charge is -2.26. The number of benzene rings is 1. The van der Waals surface area contributed by atoms with Gasteiger partial charge in [0.15, 0.2) is 0 Å². The summed E-state index contributed by atoms with van der Waals surface area (Å²) in [6.45, 7) is 1.56. The van der Waals surface area contributed by atoms with Gasteiger partial charge >= 0.3 is 0 Å². The number of hydrogen-bond donors (Lipinski definition) is 1. The Hall–Kier alpha value is -2.73. The molecule has 0 spiro atoms. The number of ether oxygens (including phenoxy) is 1. The zero-order valence-electron chi connectivity index (χ0n) is 12.5. The third-order valence-corrected chi connectivity index (χ3v) is 4.02. The predicted octanol–water partition coefficient (Wildman–Crippen LogP) is 1.93. The van der Waals surface area contributed by atoms with E-state index in [0.717, 1.165) is 16.9 Å². The van der Waals surface area contributed by atoms with Crippen LogP contribution < -0.4 is 5.32 Å². The van der Waals surface area contributed by atoms with Crippen LogP contribution >= 0.6 is 0 Å². The largest absolute Gasteiger partial charge is 0.371 e. The van der Waals surface area contributed by atoms with E-state index >= 15 is 0 Å². The van der Waals surface area contributed by atoms with Crippen LogP contribution in [0.5, 0.6) is 0 Å². The number of rotatable bonds is 3. The Morgan fingerprint density at radius 1 is 1.26 bits per heavy atom. The van der Waals surface area contributed by atoms with Crippen molar-refractivity contribution in [3.05, 3.63) is 60.2 Å². The first-order valence-corrected chi connectivity index (χ1v) is 7.55. The highest BCUT2D eigenvalue weighted by Gasteiger charge is 2.24. The van der Waals surface area contributed by atoms with Crippen LogP contribution in [0.4, 0.5) is 0 Å². The summed E-state index contributed by atoms with van der Waals surface area (Å²) >= 11 is 0. The van der Waals surface area contributed by atoms with Crippen LogP contribution in [0.3, 0.4) is 0 Å². The standard InChI is InChI=1S/C17H16N4O2/c22-17(12-5-7-18-8-6-12)19-9-13-10-23-11-16-20-14-3-1-2-4-15(14)21(13)16/h1-8,13H,9-11H2,(H,19,22)/t13-/m0/s1. The van der Waals surface area contributed by atoms with E-state index in [1.807, 2.05) is 18.2 Å². The maximum absolute atomic E-state index is 12.2. The van der Waals surface area contributed by atoms with Crippen molar-refractivity contribution in [2.75, 3.05) is 13.2 Å². The third-order valence-electron chi connectivity index (χ3n) is 4.02. The second kappa shape index (κ2) is 5.81. The number of fused-ring (bicyclic) bond motifs is 3. The number of amides is 1. The molecule has 6 nitrogen and oxygen atoms in total. The Labute approximate surface area is 133 Å². The first kappa shape index (κ1) is 13.9. The summed E-state index contributed by atoms with van der Waals surface area (Å²) in [7, 11) is 0. The van der Waals surface area contributed by atoms with E-state index in [4.69, 9.17) is 4.74 Å². The number of imidazole rings is 1. The summed E-state index contributed by atoms with van der Waals surface area (Å²) in [5, 5.41) is 2.97. The van der Waals surface area contributed by atoms with Gasteiger partial charge in [-0.3, -0.25) is 9.78 Å². The van der Waals surface area contributed by atoms with Crippen LogP contribution in [0, 0.1) is 0 Å². The van der Waals surface area contributed by atoms with Crippen LogP contribution in [0.2, 0.25) is 0 Å². The molecule has 0 saturated carbocycles. The molecule has 0 saturated heterocycles. The molecule has 1 amide bonds. The van der Waals surface area contributed by atoms with Gasteiger partial charge < -0.3 is 14.6 Å². The van der Waals surface area contributed by atoms with Gasteiger partial charge in [0.1, 0.15) is 12.4 Å². The Kier molecular flexibility index (Phi) is 3.51. The van der Waals surface area contributed by atoms with Crippen molar-refractivity contribution in [1.29, 1.82) is 0 Å². The molecule has 23 heavy (non-hydrogen) atoms. The van der Waals surface area contributed by atoms with Crippen LogP contribution in [0.25, 0.3) is 11.0 Å². The minimum absolute atomic E-state index is 0.0388. The number of carbonyl (C=O) groups is 1. The van der Waals surface area contributed by atoms with E-state index in [1.165, 1.54) is 0 Å². The smallest absolute Gasteiger partial charge is 0.251 e. The average molecular weight is 308 g/mol. The summed E-state index contributed by atoms with van der Waals surface area (Å²) < 4.78 is 7.80. The highest BCUT2D eigenvalue weighted by atomic mass is 16.5. The van der Waals surface area contributed by atoms with E-state index in [2.05, 4.69) is 25.9 Å². The van der Waals surface area contributed by atoms with Gasteiger partial charge in [0, 0.05) is 24.5 Å². The highest BCUT2D eigenvalue weighted by molar-refractivity contribution is 5.94. The first-order chi connectivity index (χ1) is 11.3. The van der Waals surface area contributed by atoms with Crippen LogP contribution in [-0.2, 0) is 11.3 Å². The number of para-hydroxylation sites is 2. The summed E-state index contributed by atoms with van der Waals surface area (Å²) in [5.74, 6) is 0.796. The van der Waals surface area contributed by atoms with Crippen molar-refractivity contribution >= 4 is 16.9 Å². The predicted molar refractivity (Wildman–Crippen MR) is 85.0 cm³/mol. The topological polar surface area (TPSA) is 69.0 Å². The molecule has 0 unspecified atom stereocenters. The minimum Gasteiger partial charge on any atom is -0.371 e. The van der Waals surface area contributed by atoms with Gasteiger partial charge in [-0.1, -0.05) is 12.1 Å². The van der Waals surface area contributed by atoms with Crippen LogP contribution in [-0.4, -0.2) is 33.6 Å². The molecule has 1 aromatic carbocycles. The average Bonchev–Trinajstić information content (AvgIpc) is 2.99. The second-order valence-electron chi connectivity index (χ2n) is 5.50. The molecule has 3 heterocycles. The molecule has 1 N–H and O–H groups in total. The van der Waals surface area contributed by atoms with Gasteiger partial charge in [0.25, 0.3) is 5.91 Å². The molecular formula is C17H16N4O2. The fourth-order valence-corrected chi connectivity index (χ4v) is 2.93. The van der Waals surface area contributed by atoms with Crippen molar-refractivity contribution in [3.8, 4) is 0 Å². The van der Waals surface area contributed by atoms with Crippen LogP contribution in [0.15, 0.2) is 48.8 Å². The second-order valence-corrected chi connectivity index (χ2v) is 5.50. The number of nitrogens with one attached hydrogen (secondary N) is 1.